The van der Waals surface area contributed by atoms with Crippen LogP contribution in [-0.2, 0) is 14.8 Å². The molecule has 1 aliphatic heterocycles. The molecule has 0 aromatic rings. The van der Waals surface area contributed by atoms with Gasteiger partial charge >= 0.3 is 0 Å². The molecule has 2 N–H and O–H groups in total. The second-order valence-electron chi connectivity index (χ2n) is 5.90. The average molecular weight is 524 g/mol. The minimum absolute atomic E-state index is 0. The van der Waals surface area contributed by atoms with E-state index in [2.05, 4.69) is 27.6 Å². The number of rotatable bonds is 11. The van der Waals surface area contributed by atoms with Crippen molar-refractivity contribution in [3.05, 3.63) is 0 Å². The monoisotopic (exact) mass is 523 g/mol. The number of ether oxygens (including phenoxy) is 1. The maximum atomic E-state index is 12.3. The average Bonchev–Trinajstić information content (AvgIpc) is 2.61. The number of nitrogens with one attached hydrogen (secondary N) is 2. The normalized spacial score (nSPS) is 16.4. The Morgan fingerprint density at radius 1 is 1.23 bits per heavy atom. The van der Waals surface area contributed by atoms with Gasteiger partial charge in [-0.1, -0.05) is 0 Å². The van der Waals surface area contributed by atoms with Gasteiger partial charge in [0, 0.05) is 71.5 Å². The van der Waals surface area contributed by atoms with Gasteiger partial charge in [-0.15, -0.1) is 24.0 Å². The number of hydrogen-bond donors (Lipinski definition) is 2. The molecule has 1 fully saturated rings. The summed E-state index contributed by atoms with van der Waals surface area (Å²) in [6, 6.07) is 0. The van der Waals surface area contributed by atoms with Crippen LogP contribution in [0.15, 0.2) is 4.99 Å². The first-order valence-electron chi connectivity index (χ1n) is 8.67. The van der Waals surface area contributed by atoms with E-state index in [0.29, 0.717) is 25.6 Å². The van der Waals surface area contributed by atoms with Crippen LogP contribution in [0.4, 0.5) is 0 Å². The Morgan fingerprint density at radius 3 is 2.50 bits per heavy atom. The maximum absolute atomic E-state index is 12.3. The van der Waals surface area contributed by atoms with Gasteiger partial charge < -0.3 is 20.3 Å². The Labute approximate surface area is 179 Å². The fourth-order valence-electron chi connectivity index (χ4n) is 2.43. The molecule has 1 rings (SSSR count). The first kappa shape index (κ1) is 26.2. The van der Waals surface area contributed by atoms with Crippen LogP contribution in [0.25, 0.3) is 0 Å². The van der Waals surface area contributed by atoms with Crippen LogP contribution < -0.4 is 10.6 Å². The summed E-state index contributed by atoms with van der Waals surface area (Å²) in [5.41, 5.74) is 0. The van der Waals surface area contributed by atoms with E-state index in [1.807, 2.05) is 0 Å². The van der Waals surface area contributed by atoms with Crippen molar-refractivity contribution < 1.29 is 13.2 Å². The Hall–Kier alpha value is 0.180. The van der Waals surface area contributed by atoms with Crippen molar-refractivity contribution in [3.63, 3.8) is 0 Å². The van der Waals surface area contributed by atoms with E-state index >= 15 is 0 Å². The molecule has 0 aliphatic carbocycles. The van der Waals surface area contributed by atoms with E-state index < -0.39 is 10.0 Å². The highest BCUT2D eigenvalue weighted by Crippen LogP contribution is 2.12. The molecule has 0 radical (unpaired) electrons. The zero-order chi connectivity index (χ0) is 18.5. The highest BCUT2D eigenvalue weighted by molar-refractivity contribution is 14.0. The molecule has 8 nitrogen and oxygen atoms in total. The first-order valence-corrected chi connectivity index (χ1v) is 11.4. The SMILES string of the molecule is CN=C(NCCN(C)CCCOC)NCCS(=O)(=O)N1CCSCC1.I. The van der Waals surface area contributed by atoms with Crippen LogP contribution in [0.5, 0.6) is 0 Å². The number of nitrogens with zero attached hydrogens (tertiary/aromatic N) is 3. The van der Waals surface area contributed by atoms with Crippen molar-refractivity contribution in [1.82, 2.24) is 19.8 Å². The number of hydrogen-bond acceptors (Lipinski definition) is 6. The smallest absolute Gasteiger partial charge is 0.215 e. The third-order valence-corrected chi connectivity index (χ3v) is 6.73. The lowest BCUT2D eigenvalue weighted by Gasteiger charge is -2.25. The first-order chi connectivity index (χ1) is 12.0. The molecule has 0 atom stereocenters. The number of likely N-dealkylation sites (N-methyl/N-ethyl adjacent to an activating group) is 1. The largest absolute Gasteiger partial charge is 0.385 e. The molecule has 0 aromatic carbocycles. The van der Waals surface area contributed by atoms with Gasteiger partial charge in [0.1, 0.15) is 0 Å². The second-order valence-corrected chi connectivity index (χ2v) is 9.22. The maximum Gasteiger partial charge on any atom is 0.215 e. The number of thioether (sulfide) groups is 1. The molecule has 1 heterocycles. The lowest BCUT2D eigenvalue weighted by Crippen LogP contribution is -2.45. The van der Waals surface area contributed by atoms with E-state index in [0.717, 1.165) is 44.2 Å². The number of methoxy groups -OCH3 is 1. The van der Waals surface area contributed by atoms with Crippen molar-refractivity contribution in [1.29, 1.82) is 0 Å². The fraction of sp³-hybridized carbons (Fsp3) is 0.933. The van der Waals surface area contributed by atoms with Crippen LogP contribution in [0.3, 0.4) is 0 Å². The third kappa shape index (κ3) is 11.1. The second kappa shape index (κ2) is 15.1. The van der Waals surface area contributed by atoms with Crippen LogP contribution in [0, 0.1) is 0 Å². The highest BCUT2D eigenvalue weighted by Gasteiger charge is 2.23. The standard InChI is InChI=1S/C15H33N5O3S2.HI/c1-16-15(17-5-8-19(2)7-4-11-23-3)18-6-14-25(21,22)20-9-12-24-13-10-20;/h4-14H2,1-3H3,(H2,16,17,18);1H. The van der Waals surface area contributed by atoms with Crippen LogP contribution in [-0.4, -0.2) is 108 Å². The quantitative estimate of drug-likeness (QED) is 0.172. The summed E-state index contributed by atoms with van der Waals surface area (Å²) in [4.78, 5) is 6.36. The summed E-state index contributed by atoms with van der Waals surface area (Å²) in [6.45, 7) is 4.98. The molecule has 11 heteroatoms. The summed E-state index contributed by atoms with van der Waals surface area (Å²) in [6.07, 6.45) is 1.01. The van der Waals surface area contributed by atoms with E-state index in [1.165, 1.54) is 0 Å². The van der Waals surface area contributed by atoms with E-state index in [-0.39, 0.29) is 29.7 Å². The van der Waals surface area contributed by atoms with Crippen molar-refractivity contribution in [2.45, 2.75) is 6.42 Å². The van der Waals surface area contributed by atoms with Gasteiger partial charge in [-0.25, -0.2) is 12.7 Å². The predicted molar refractivity (Wildman–Crippen MR) is 121 cm³/mol. The molecule has 0 saturated carbocycles. The zero-order valence-corrected chi connectivity index (χ0v) is 20.0. The Kier molecular flexibility index (Phi) is 15.2. The van der Waals surface area contributed by atoms with Gasteiger partial charge in [0.05, 0.1) is 5.75 Å². The predicted octanol–water partition coefficient (Wildman–Crippen LogP) is 0.116. The third-order valence-electron chi connectivity index (χ3n) is 3.91. The lowest BCUT2D eigenvalue weighted by molar-refractivity contribution is 0.180. The van der Waals surface area contributed by atoms with Crippen molar-refractivity contribution in [3.8, 4) is 0 Å². The number of guanidine groups is 1. The molecular weight excluding hydrogens is 489 g/mol. The molecule has 0 unspecified atom stereocenters. The molecule has 156 valence electrons. The van der Waals surface area contributed by atoms with Gasteiger partial charge in [0.15, 0.2) is 5.96 Å². The van der Waals surface area contributed by atoms with Gasteiger partial charge in [0.25, 0.3) is 0 Å². The van der Waals surface area contributed by atoms with E-state index in [4.69, 9.17) is 4.74 Å². The highest BCUT2D eigenvalue weighted by atomic mass is 127. The number of halogens is 1. The van der Waals surface area contributed by atoms with Crippen molar-refractivity contribution >= 4 is 51.7 Å². The molecule has 1 aliphatic rings. The van der Waals surface area contributed by atoms with Crippen molar-refractivity contribution in [2.75, 3.05) is 84.3 Å². The fourth-order valence-corrected chi connectivity index (χ4v) is 4.92. The topological polar surface area (TPSA) is 86.3 Å². The number of aliphatic imine (C=N–C) groups is 1. The minimum atomic E-state index is -3.18. The minimum Gasteiger partial charge on any atom is -0.385 e. The molecule has 0 aromatic heterocycles. The summed E-state index contributed by atoms with van der Waals surface area (Å²) in [5, 5.41) is 6.29. The van der Waals surface area contributed by atoms with Gasteiger partial charge in [-0.3, -0.25) is 4.99 Å². The van der Waals surface area contributed by atoms with Crippen molar-refractivity contribution in [2.24, 2.45) is 4.99 Å². The number of sulfonamides is 1. The summed E-state index contributed by atoms with van der Waals surface area (Å²) in [7, 11) is 2.29. The molecule has 26 heavy (non-hydrogen) atoms. The summed E-state index contributed by atoms with van der Waals surface area (Å²) in [5.74, 6) is 2.49. The van der Waals surface area contributed by atoms with Gasteiger partial charge in [-0.05, 0) is 13.5 Å². The van der Waals surface area contributed by atoms with E-state index in [1.54, 1.807) is 30.2 Å². The van der Waals surface area contributed by atoms with Crippen LogP contribution in [0.1, 0.15) is 6.42 Å². The van der Waals surface area contributed by atoms with Crippen LogP contribution >= 0.6 is 35.7 Å². The Morgan fingerprint density at radius 2 is 1.88 bits per heavy atom. The molecule has 0 amide bonds. The van der Waals surface area contributed by atoms with Gasteiger partial charge in [0.2, 0.25) is 10.0 Å². The molecule has 0 bridgehead atoms. The van der Waals surface area contributed by atoms with Crippen LogP contribution in [0.2, 0.25) is 0 Å². The van der Waals surface area contributed by atoms with E-state index in [9.17, 15) is 8.42 Å². The molecule has 0 spiro atoms. The Bertz CT molecular complexity index is 488. The summed E-state index contributed by atoms with van der Waals surface area (Å²) < 4.78 is 31.2. The zero-order valence-electron chi connectivity index (χ0n) is 16.1. The Balaban J connectivity index is 0.00000625. The molecule has 1 saturated heterocycles. The summed E-state index contributed by atoms with van der Waals surface area (Å²) >= 11 is 1.80. The lowest BCUT2D eigenvalue weighted by atomic mass is 10.4. The molecular formula is C15H34IN5O3S2. The van der Waals surface area contributed by atoms with Gasteiger partial charge in [-0.2, -0.15) is 11.8 Å².